The average Bonchev–Trinajstić information content (AvgIpc) is 3.16. The van der Waals surface area contributed by atoms with E-state index >= 15 is 0 Å². The predicted octanol–water partition coefficient (Wildman–Crippen LogP) is 3.82. The van der Waals surface area contributed by atoms with Crippen LogP contribution in [-0.4, -0.2) is 46.8 Å². The molecule has 1 atom stereocenters. The average molecular weight is 484 g/mol. The van der Waals surface area contributed by atoms with Crippen molar-refractivity contribution in [1.82, 2.24) is 24.7 Å². The Labute approximate surface area is 199 Å². The lowest BCUT2D eigenvalue weighted by atomic mass is 10.0. The van der Waals surface area contributed by atoms with Crippen molar-refractivity contribution in [2.75, 3.05) is 13.1 Å². The first-order valence-electron chi connectivity index (χ1n) is 11.5. The highest BCUT2D eigenvalue weighted by atomic mass is 32.2. The second-order valence-electron chi connectivity index (χ2n) is 8.74. The molecule has 0 radical (unpaired) electrons. The van der Waals surface area contributed by atoms with E-state index in [1.807, 2.05) is 19.9 Å². The predicted molar refractivity (Wildman–Crippen MR) is 126 cm³/mol. The Hall–Kier alpha value is -3.11. The first kappa shape index (κ1) is 24.0. The van der Waals surface area contributed by atoms with Gasteiger partial charge in [0, 0.05) is 36.6 Å². The summed E-state index contributed by atoms with van der Waals surface area (Å²) in [5.74, 6) is 0.320. The van der Waals surface area contributed by atoms with Gasteiger partial charge in [0.2, 0.25) is 21.7 Å². The topological polar surface area (TPSA) is 118 Å². The number of carbonyl (C=O) groups excluding carboxylic acids is 1. The standard InChI is InChI=1S/C24H29N5O4S/c1-17(2)21(24-27-22(28-33-24)19-8-7-13-25-16-19)26-23(30)18-9-11-20(12-10-18)34(31,32)29-14-5-3-4-6-15-29/h7-13,16-17,21H,3-6,14-15H2,1-2H3,(H,26,30). The third-order valence-corrected chi connectivity index (χ3v) is 7.81. The lowest BCUT2D eigenvalue weighted by Crippen LogP contribution is -2.33. The maximum Gasteiger partial charge on any atom is 0.251 e. The normalized spacial score (nSPS) is 16.2. The van der Waals surface area contributed by atoms with Gasteiger partial charge in [-0.25, -0.2) is 8.42 Å². The van der Waals surface area contributed by atoms with Crippen LogP contribution in [0.1, 0.15) is 61.8 Å². The molecule has 1 unspecified atom stereocenters. The fourth-order valence-electron chi connectivity index (χ4n) is 3.92. The summed E-state index contributed by atoms with van der Waals surface area (Å²) < 4.78 is 32.9. The Kier molecular flexibility index (Phi) is 7.38. The van der Waals surface area contributed by atoms with Crippen molar-refractivity contribution in [3.63, 3.8) is 0 Å². The molecule has 1 N–H and O–H groups in total. The summed E-state index contributed by atoms with van der Waals surface area (Å²) in [5, 5.41) is 6.94. The van der Waals surface area contributed by atoms with Gasteiger partial charge in [-0.05, 0) is 55.2 Å². The third-order valence-electron chi connectivity index (χ3n) is 5.90. The van der Waals surface area contributed by atoms with Crippen molar-refractivity contribution in [3.8, 4) is 11.4 Å². The molecule has 3 aromatic rings. The molecule has 1 aliphatic rings. The Bertz CT molecular complexity index is 1200. The molecule has 10 heteroatoms. The fourth-order valence-corrected chi connectivity index (χ4v) is 5.44. The highest BCUT2D eigenvalue weighted by Gasteiger charge is 2.27. The number of nitrogens with one attached hydrogen (secondary N) is 1. The second kappa shape index (κ2) is 10.4. The van der Waals surface area contributed by atoms with Crippen molar-refractivity contribution in [1.29, 1.82) is 0 Å². The van der Waals surface area contributed by atoms with Crippen LogP contribution >= 0.6 is 0 Å². The van der Waals surface area contributed by atoms with E-state index in [2.05, 4.69) is 20.4 Å². The Morgan fingerprint density at radius 1 is 1.06 bits per heavy atom. The summed E-state index contributed by atoms with van der Waals surface area (Å²) in [5.41, 5.74) is 1.07. The van der Waals surface area contributed by atoms with Gasteiger partial charge >= 0.3 is 0 Å². The molecule has 9 nitrogen and oxygen atoms in total. The Balaban J connectivity index is 1.48. The minimum absolute atomic E-state index is 0.0196. The zero-order valence-corrected chi connectivity index (χ0v) is 20.2. The fraction of sp³-hybridized carbons (Fsp3) is 0.417. The molecule has 1 saturated heterocycles. The second-order valence-corrected chi connectivity index (χ2v) is 10.7. The van der Waals surface area contributed by atoms with Gasteiger partial charge in [0.05, 0.1) is 4.90 Å². The van der Waals surface area contributed by atoms with Crippen molar-refractivity contribution in [2.24, 2.45) is 5.92 Å². The van der Waals surface area contributed by atoms with E-state index in [4.69, 9.17) is 4.52 Å². The molecule has 1 amide bonds. The van der Waals surface area contributed by atoms with E-state index in [9.17, 15) is 13.2 Å². The van der Waals surface area contributed by atoms with Crippen LogP contribution in [0, 0.1) is 5.92 Å². The van der Waals surface area contributed by atoms with Crippen molar-refractivity contribution >= 4 is 15.9 Å². The molecule has 34 heavy (non-hydrogen) atoms. The van der Waals surface area contributed by atoms with Crippen LogP contribution in [0.15, 0.2) is 58.2 Å². The van der Waals surface area contributed by atoms with Gasteiger partial charge in [0.1, 0.15) is 6.04 Å². The smallest absolute Gasteiger partial charge is 0.251 e. The molecule has 4 rings (SSSR count). The highest BCUT2D eigenvalue weighted by Crippen LogP contribution is 2.25. The van der Waals surface area contributed by atoms with E-state index in [-0.39, 0.29) is 16.7 Å². The molecular formula is C24H29N5O4S. The molecule has 3 heterocycles. The van der Waals surface area contributed by atoms with Crippen molar-refractivity contribution in [2.45, 2.75) is 50.5 Å². The molecule has 0 saturated carbocycles. The quantitative estimate of drug-likeness (QED) is 0.543. The molecule has 2 aromatic heterocycles. The molecule has 1 aliphatic heterocycles. The number of pyridine rings is 1. The zero-order valence-electron chi connectivity index (χ0n) is 19.3. The van der Waals surface area contributed by atoms with Gasteiger partial charge in [0.15, 0.2) is 0 Å². The molecule has 0 spiro atoms. The number of benzene rings is 1. The van der Waals surface area contributed by atoms with Gasteiger partial charge < -0.3 is 9.84 Å². The number of aromatic nitrogens is 3. The van der Waals surface area contributed by atoms with Crippen LogP contribution in [0.3, 0.4) is 0 Å². The molecule has 0 bridgehead atoms. The first-order valence-corrected chi connectivity index (χ1v) is 13.0. The summed E-state index contributed by atoms with van der Waals surface area (Å²) in [6.07, 6.45) is 7.13. The summed E-state index contributed by atoms with van der Waals surface area (Å²) in [6.45, 7) is 4.95. The number of amides is 1. The van der Waals surface area contributed by atoms with E-state index in [0.717, 1.165) is 25.7 Å². The molecule has 1 fully saturated rings. The van der Waals surface area contributed by atoms with Gasteiger partial charge in [-0.1, -0.05) is 31.8 Å². The van der Waals surface area contributed by atoms with Crippen molar-refractivity contribution in [3.05, 3.63) is 60.2 Å². The number of rotatable bonds is 7. The van der Waals surface area contributed by atoms with Crippen LogP contribution < -0.4 is 5.32 Å². The van der Waals surface area contributed by atoms with E-state index < -0.39 is 16.1 Å². The molecule has 180 valence electrons. The maximum absolute atomic E-state index is 13.0. The number of hydrogen-bond donors (Lipinski definition) is 1. The van der Waals surface area contributed by atoms with Gasteiger partial charge in [-0.3, -0.25) is 9.78 Å². The summed E-state index contributed by atoms with van der Waals surface area (Å²) >= 11 is 0. The lowest BCUT2D eigenvalue weighted by molar-refractivity contribution is 0.0914. The highest BCUT2D eigenvalue weighted by molar-refractivity contribution is 7.89. The maximum atomic E-state index is 13.0. The van der Waals surface area contributed by atoms with Crippen LogP contribution in [0.4, 0.5) is 0 Å². The molecule has 1 aromatic carbocycles. The van der Waals surface area contributed by atoms with E-state index in [1.54, 1.807) is 22.8 Å². The Morgan fingerprint density at radius 3 is 2.38 bits per heavy atom. The first-order chi connectivity index (χ1) is 16.4. The van der Waals surface area contributed by atoms with Crippen molar-refractivity contribution < 1.29 is 17.7 Å². The van der Waals surface area contributed by atoms with Crippen LogP contribution in [0.5, 0.6) is 0 Å². The number of carbonyl (C=O) groups is 1. The number of nitrogens with zero attached hydrogens (tertiary/aromatic N) is 4. The largest absolute Gasteiger partial charge is 0.340 e. The SMILES string of the molecule is CC(C)C(NC(=O)c1ccc(S(=O)(=O)N2CCCCCC2)cc1)c1nc(-c2cccnc2)no1. The minimum atomic E-state index is -3.57. The zero-order chi connectivity index (χ0) is 24.1. The number of hydrogen-bond acceptors (Lipinski definition) is 7. The lowest BCUT2D eigenvalue weighted by Gasteiger charge is -2.20. The van der Waals surface area contributed by atoms with Crippen LogP contribution in [0.25, 0.3) is 11.4 Å². The van der Waals surface area contributed by atoms with E-state index in [1.165, 1.54) is 24.3 Å². The van der Waals surface area contributed by atoms with Gasteiger partial charge in [-0.2, -0.15) is 9.29 Å². The minimum Gasteiger partial charge on any atom is -0.340 e. The monoisotopic (exact) mass is 483 g/mol. The van der Waals surface area contributed by atoms with Crippen LogP contribution in [-0.2, 0) is 10.0 Å². The van der Waals surface area contributed by atoms with E-state index in [0.29, 0.717) is 35.9 Å². The van der Waals surface area contributed by atoms with Gasteiger partial charge in [-0.15, -0.1) is 0 Å². The molecular weight excluding hydrogens is 454 g/mol. The number of sulfonamides is 1. The summed E-state index contributed by atoms with van der Waals surface area (Å²) in [7, 11) is -3.57. The third kappa shape index (κ3) is 5.34. The summed E-state index contributed by atoms with van der Waals surface area (Å²) in [4.78, 5) is 21.6. The molecule has 0 aliphatic carbocycles. The summed E-state index contributed by atoms with van der Waals surface area (Å²) in [6, 6.07) is 9.15. The van der Waals surface area contributed by atoms with Gasteiger partial charge in [0.25, 0.3) is 5.91 Å². The van der Waals surface area contributed by atoms with Crippen LogP contribution in [0.2, 0.25) is 0 Å². The Morgan fingerprint density at radius 2 is 1.76 bits per heavy atom.